The van der Waals surface area contributed by atoms with Crippen molar-refractivity contribution in [1.29, 1.82) is 0 Å². The van der Waals surface area contributed by atoms with Crippen LogP contribution in [0, 0.1) is 5.82 Å². The lowest BCUT2D eigenvalue weighted by atomic mass is 10.3. The minimum Gasteiger partial charge on any atom is -0.494 e. The van der Waals surface area contributed by atoms with Gasteiger partial charge >= 0.3 is 0 Å². The van der Waals surface area contributed by atoms with Gasteiger partial charge in [0.05, 0.1) is 13.0 Å². The number of alkyl halides is 1. The van der Waals surface area contributed by atoms with Gasteiger partial charge in [-0.05, 0) is 12.1 Å². The quantitative estimate of drug-likeness (QED) is 0.478. The Bertz CT molecular complexity index is 355. The maximum atomic E-state index is 12.8. The second-order valence-corrected chi connectivity index (χ2v) is 2.82. The SMILES string of the molecule is COc1ccc(F)cc1N=C(N)CCl. The van der Waals surface area contributed by atoms with Crippen LogP contribution in [0.2, 0.25) is 0 Å². The molecule has 0 atom stereocenters. The topological polar surface area (TPSA) is 47.6 Å². The Balaban J connectivity index is 3.11. The number of halogens is 2. The van der Waals surface area contributed by atoms with E-state index in [0.29, 0.717) is 11.4 Å². The summed E-state index contributed by atoms with van der Waals surface area (Å²) < 4.78 is 17.8. The lowest BCUT2D eigenvalue weighted by Gasteiger charge is -2.04. The molecule has 0 saturated carbocycles. The van der Waals surface area contributed by atoms with Crippen LogP contribution in [0.1, 0.15) is 0 Å². The largest absolute Gasteiger partial charge is 0.494 e. The summed E-state index contributed by atoms with van der Waals surface area (Å²) >= 11 is 5.45. The van der Waals surface area contributed by atoms with E-state index in [0.717, 1.165) is 0 Å². The van der Waals surface area contributed by atoms with Crippen LogP contribution in [0.4, 0.5) is 10.1 Å². The third-order valence-corrected chi connectivity index (χ3v) is 1.82. The normalized spacial score (nSPS) is 11.5. The lowest BCUT2D eigenvalue weighted by molar-refractivity contribution is 0.415. The number of rotatable bonds is 3. The predicted molar refractivity (Wildman–Crippen MR) is 55.0 cm³/mol. The Morgan fingerprint density at radius 1 is 1.64 bits per heavy atom. The highest BCUT2D eigenvalue weighted by molar-refractivity contribution is 6.28. The summed E-state index contributed by atoms with van der Waals surface area (Å²) in [6.45, 7) is 0. The number of amidine groups is 1. The fraction of sp³-hybridized carbons (Fsp3) is 0.222. The number of hydrogen-bond acceptors (Lipinski definition) is 2. The van der Waals surface area contributed by atoms with Crippen molar-refractivity contribution in [2.45, 2.75) is 0 Å². The predicted octanol–water partition coefficient (Wildman–Crippen LogP) is 2.06. The summed E-state index contributed by atoms with van der Waals surface area (Å²) in [5.74, 6) is 0.376. The molecule has 0 fully saturated rings. The molecule has 0 spiro atoms. The average Bonchev–Trinajstić information content (AvgIpc) is 2.18. The standard InChI is InChI=1S/C9H10ClFN2O/c1-14-8-3-2-6(11)4-7(8)13-9(12)5-10/h2-4H,5H2,1H3,(H2,12,13). The van der Waals surface area contributed by atoms with Crippen LogP contribution in [0.5, 0.6) is 5.75 Å². The molecule has 1 rings (SSSR count). The van der Waals surface area contributed by atoms with Crippen LogP contribution < -0.4 is 10.5 Å². The fourth-order valence-corrected chi connectivity index (χ4v) is 0.995. The molecule has 0 bridgehead atoms. The Morgan fingerprint density at radius 2 is 2.36 bits per heavy atom. The first kappa shape index (κ1) is 10.8. The third kappa shape index (κ3) is 2.60. The monoisotopic (exact) mass is 216 g/mol. The van der Waals surface area contributed by atoms with Gasteiger partial charge in [0.25, 0.3) is 0 Å². The zero-order valence-corrected chi connectivity index (χ0v) is 8.38. The van der Waals surface area contributed by atoms with Gasteiger partial charge in [-0.15, -0.1) is 11.6 Å². The first-order valence-corrected chi connectivity index (χ1v) is 4.43. The van der Waals surface area contributed by atoms with Gasteiger partial charge in [-0.25, -0.2) is 9.38 Å². The van der Waals surface area contributed by atoms with Crippen LogP contribution >= 0.6 is 11.6 Å². The minimum atomic E-state index is -0.396. The van der Waals surface area contributed by atoms with E-state index in [1.54, 1.807) is 0 Å². The second-order valence-electron chi connectivity index (χ2n) is 2.55. The fourth-order valence-electron chi connectivity index (χ4n) is 0.935. The molecule has 2 N–H and O–H groups in total. The highest BCUT2D eigenvalue weighted by Gasteiger charge is 2.03. The van der Waals surface area contributed by atoms with Gasteiger partial charge in [0.1, 0.15) is 23.1 Å². The minimum absolute atomic E-state index is 0.0969. The van der Waals surface area contributed by atoms with Crippen molar-refractivity contribution in [3.05, 3.63) is 24.0 Å². The van der Waals surface area contributed by atoms with E-state index in [-0.39, 0.29) is 11.7 Å². The number of hydrogen-bond donors (Lipinski definition) is 1. The number of nitrogens with zero attached hydrogens (tertiary/aromatic N) is 1. The third-order valence-electron chi connectivity index (χ3n) is 1.54. The first-order chi connectivity index (χ1) is 6.67. The average molecular weight is 217 g/mol. The Kier molecular flexibility index (Phi) is 3.71. The van der Waals surface area contributed by atoms with Crippen molar-refractivity contribution in [2.24, 2.45) is 10.7 Å². The van der Waals surface area contributed by atoms with E-state index >= 15 is 0 Å². The number of benzene rings is 1. The van der Waals surface area contributed by atoms with Crippen molar-refractivity contribution < 1.29 is 9.13 Å². The second kappa shape index (κ2) is 4.81. The Morgan fingerprint density at radius 3 is 2.93 bits per heavy atom. The van der Waals surface area contributed by atoms with Gasteiger partial charge in [-0.2, -0.15) is 0 Å². The molecule has 0 heterocycles. The molecule has 76 valence electrons. The number of aliphatic imine (C=N–C) groups is 1. The molecule has 0 radical (unpaired) electrons. The Hall–Kier alpha value is -1.29. The summed E-state index contributed by atoms with van der Waals surface area (Å²) in [5, 5.41) is 0. The summed E-state index contributed by atoms with van der Waals surface area (Å²) in [6, 6.07) is 4.00. The van der Waals surface area contributed by atoms with Crippen LogP contribution in [0.3, 0.4) is 0 Å². The van der Waals surface area contributed by atoms with Crippen LogP contribution in [0.25, 0.3) is 0 Å². The molecular formula is C9H10ClFN2O. The van der Waals surface area contributed by atoms with Crippen molar-refractivity contribution in [1.82, 2.24) is 0 Å². The summed E-state index contributed by atoms with van der Waals surface area (Å²) in [7, 11) is 1.48. The first-order valence-electron chi connectivity index (χ1n) is 3.90. The number of methoxy groups -OCH3 is 1. The molecule has 0 aliphatic carbocycles. The van der Waals surface area contributed by atoms with Gasteiger partial charge < -0.3 is 10.5 Å². The molecule has 3 nitrogen and oxygen atoms in total. The number of nitrogens with two attached hydrogens (primary N) is 1. The van der Waals surface area contributed by atoms with E-state index in [9.17, 15) is 4.39 Å². The molecule has 5 heteroatoms. The van der Waals surface area contributed by atoms with Crippen LogP contribution in [-0.4, -0.2) is 18.8 Å². The smallest absolute Gasteiger partial charge is 0.144 e. The summed E-state index contributed by atoms with van der Waals surface area (Å²) in [5.41, 5.74) is 5.76. The van der Waals surface area contributed by atoms with Crippen LogP contribution in [0.15, 0.2) is 23.2 Å². The molecule has 0 aliphatic rings. The van der Waals surface area contributed by atoms with E-state index in [2.05, 4.69) is 4.99 Å². The molecule has 1 aromatic carbocycles. The van der Waals surface area contributed by atoms with Crippen LogP contribution in [-0.2, 0) is 0 Å². The lowest BCUT2D eigenvalue weighted by Crippen LogP contribution is -2.12. The highest BCUT2D eigenvalue weighted by atomic mass is 35.5. The van der Waals surface area contributed by atoms with Gasteiger partial charge in [0.15, 0.2) is 0 Å². The molecule has 14 heavy (non-hydrogen) atoms. The maximum Gasteiger partial charge on any atom is 0.144 e. The van der Waals surface area contributed by atoms with Gasteiger partial charge in [-0.1, -0.05) is 0 Å². The zero-order chi connectivity index (χ0) is 10.6. The molecule has 0 saturated heterocycles. The molecular weight excluding hydrogens is 207 g/mol. The summed E-state index contributed by atoms with van der Waals surface area (Å²) in [6.07, 6.45) is 0. The molecule has 0 aliphatic heterocycles. The zero-order valence-electron chi connectivity index (χ0n) is 7.63. The van der Waals surface area contributed by atoms with Crippen molar-refractivity contribution in [2.75, 3.05) is 13.0 Å². The maximum absolute atomic E-state index is 12.8. The van der Waals surface area contributed by atoms with Gasteiger partial charge in [-0.3, -0.25) is 0 Å². The Labute approximate surface area is 86.3 Å². The molecule has 1 aromatic rings. The molecule has 0 unspecified atom stereocenters. The van der Waals surface area contributed by atoms with Crippen molar-refractivity contribution >= 4 is 23.1 Å². The van der Waals surface area contributed by atoms with E-state index in [1.807, 2.05) is 0 Å². The number of ether oxygens (including phenoxy) is 1. The summed E-state index contributed by atoms with van der Waals surface area (Å²) in [4.78, 5) is 3.91. The molecule has 0 aromatic heterocycles. The van der Waals surface area contributed by atoms with E-state index in [4.69, 9.17) is 22.1 Å². The van der Waals surface area contributed by atoms with Crippen molar-refractivity contribution in [3.8, 4) is 5.75 Å². The van der Waals surface area contributed by atoms with E-state index < -0.39 is 5.82 Å². The highest BCUT2D eigenvalue weighted by Crippen LogP contribution is 2.27. The van der Waals surface area contributed by atoms with Gasteiger partial charge in [0.2, 0.25) is 0 Å². The van der Waals surface area contributed by atoms with E-state index in [1.165, 1.54) is 25.3 Å². The van der Waals surface area contributed by atoms with Gasteiger partial charge in [0, 0.05) is 6.07 Å². The van der Waals surface area contributed by atoms with Crippen molar-refractivity contribution in [3.63, 3.8) is 0 Å². The molecule has 0 amide bonds.